The van der Waals surface area contributed by atoms with Crippen LogP contribution in [0.1, 0.15) is 69.5 Å². The Morgan fingerprint density at radius 2 is 0.855 bits per heavy atom. The predicted octanol–water partition coefficient (Wildman–Crippen LogP) is 10.3. The smallest absolute Gasteiger partial charge is 0.0683 e. The van der Waals surface area contributed by atoms with Gasteiger partial charge in [0.25, 0.3) is 0 Å². The van der Waals surface area contributed by atoms with Crippen molar-refractivity contribution in [3.63, 3.8) is 0 Å². The van der Waals surface area contributed by atoms with Gasteiger partial charge in [0, 0.05) is 5.41 Å². The maximum atomic E-state index is 2.54. The Balaban J connectivity index is 1.12. The molecule has 0 amide bonds. The fraction of sp³-hybridized carbons (Fsp3) is 0.170. The molecule has 0 atom stereocenters. The molecule has 7 aromatic rings. The maximum Gasteiger partial charge on any atom is 0.242 e. The van der Waals surface area contributed by atoms with Gasteiger partial charge in [-0.3, -0.25) is 0 Å². The quantitative estimate of drug-likeness (QED) is 0.0831. The van der Waals surface area contributed by atoms with E-state index in [-0.39, 0.29) is 12.1 Å². The molecule has 0 saturated carbocycles. The summed E-state index contributed by atoms with van der Waals surface area (Å²) in [6, 6.07) is 54.9. The first-order valence-electron chi connectivity index (χ1n) is 19.6. The summed E-state index contributed by atoms with van der Waals surface area (Å²) in [6.45, 7) is 18.6. The van der Waals surface area contributed by atoms with Crippen LogP contribution in [0.2, 0.25) is 0 Å². The van der Waals surface area contributed by atoms with Crippen LogP contribution in [-0.4, -0.2) is 6.71 Å². The second-order valence-corrected chi connectivity index (χ2v) is 18.4. The van der Waals surface area contributed by atoms with Gasteiger partial charge in [0.15, 0.2) is 0 Å². The van der Waals surface area contributed by atoms with E-state index in [0.29, 0.717) is 0 Å². The van der Waals surface area contributed by atoms with Crippen molar-refractivity contribution in [2.75, 3.05) is 0 Å². The van der Waals surface area contributed by atoms with Crippen LogP contribution >= 0.6 is 7.92 Å². The molecule has 0 unspecified atom stereocenters. The highest BCUT2D eigenvalue weighted by Crippen LogP contribution is 2.48. The van der Waals surface area contributed by atoms with Crippen molar-refractivity contribution in [1.82, 2.24) is 0 Å². The molecule has 0 radical (unpaired) electrons. The van der Waals surface area contributed by atoms with E-state index >= 15 is 0 Å². The topological polar surface area (TPSA) is 0 Å². The molecule has 8 rings (SSSR count). The number of hydrogen-bond donors (Lipinski definition) is 0. The summed E-state index contributed by atoms with van der Waals surface area (Å²) in [5.74, 6) is 0. The lowest BCUT2D eigenvalue weighted by molar-refractivity contribution is 0.660. The fourth-order valence-corrected chi connectivity index (χ4v) is 11.6. The molecule has 2 heteroatoms. The molecule has 1 aliphatic carbocycles. The molecule has 55 heavy (non-hydrogen) atoms. The van der Waals surface area contributed by atoms with Crippen LogP contribution in [0.3, 0.4) is 0 Å². The monoisotopic (exact) mass is 728 g/mol. The molecule has 0 heterocycles. The molecule has 0 spiro atoms. The predicted molar refractivity (Wildman–Crippen MR) is 244 cm³/mol. The van der Waals surface area contributed by atoms with Crippen LogP contribution in [0.15, 0.2) is 146 Å². The first-order chi connectivity index (χ1) is 26.5. The molecule has 270 valence electrons. The second-order valence-electron chi connectivity index (χ2n) is 16.2. The van der Waals surface area contributed by atoms with Gasteiger partial charge in [-0.05, 0) is 98.8 Å². The van der Waals surface area contributed by atoms with Gasteiger partial charge in [0.2, 0.25) is 6.71 Å². The molecule has 0 aromatic heterocycles. The molecule has 0 bridgehead atoms. The van der Waals surface area contributed by atoms with E-state index in [4.69, 9.17) is 0 Å². The molecule has 0 saturated heterocycles. The Labute approximate surface area is 330 Å². The van der Waals surface area contributed by atoms with Gasteiger partial charge in [-0.2, -0.15) is 0 Å². The third-order valence-electron chi connectivity index (χ3n) is 11.8. The molecular weight excluding hydrogens is 678 g/mol. The van der Waals surface area contributed by atoms with E-state index < -0.39 is 7.92 Å². The third-order valence-corrected chi connectivity index (χ3v) is 14.2. The Morgan fingerprint density at radius 3 is 1.36 bits per heavy atom. The van der Waals surface area contributed by atoms with Crippen molar-refractivity contribution < 1.29 is 0 Å². The molecular formula is C53H50BP. The Hall–Kier alpha value is -5.23. The zero-order chi connectivity index (χ0) is 38.4. The van der Waals surface area contributed by atoms with Crippen LogP contribution in [0.4, 0.5) is 0 Å². The van der Waals surface area contributed by atoms with E-state index in [2.05, 4.69) is 213 Å². The van der Waals surface area contributed by atoms with Crippen molar-refractivity contribution in [2.24, 2.45) is 0 Å². The average molecular weight is 729 g/mol. The highest BCUT2D eigenvalue weighted by atomic mass is 31.1. The summed E-state index contributed by atoms with van der Waals surface area (Å²) in [5, 5.41) is 4.11. The minimum Gasteiger partial charge on any atom is -0.0683 e. The van der Waals surface area contributed by atoms with Gasteiger partial charge in [-0.25, -0.2) is 0 Å². The first kappa shape index (κ1) is 36.7. The van der Waals surface area contributed by atoms with Gasteiger partial charge >= 0.3 is 0 Å². The van der Waals surface area contributed by atoms with Crippen LogP contribution < -0.4 is 32.3 Å². The molecule has 7 aromatic carbocycles. The summed E-state index contributed by atoms with van der Waals surface area (Å²) in [6.07, 6.45) is 4.54. The van der Waals surface area contributed by atoms with Crippen LogP contribution in [-0.2, 0) is 5.41 Å². The number of aryl methyl sites for hydroxylation is 6. The Kier molecular flexibility index (Phi) is 9.87. The normalized spacial score (nSPS) is 13.0. The number of hydrogen-bond acceptors (Lipinski definition) is 0. The standard InChI is InChI=1S/C53H50BP/c1-35-29-37(3)51(38(4)30-35)54(52-39(5)31-36(2)32-40(52)6)43-24-28-48-47-27-23-42(33-49(47)53(7,8)50(48)34-43)20-19-41-21-25-46(26-22-41)55(44-15-11-9-12-16-44)45-17-13-10-14-18-45/h9-34H,1-8H3/b20-19+. The van der Waals surface area contributed by atoms with Gasteiger partial charge in [0.1, 0.15) is 0 Å². The van der Waals surface area contributed by atoms with Gasteiger partial charge in [0.05, 0.1) is 0 Å². The summed E-state index contributed by atoms with van der Waals surface area (Å²) in [7, 11) is -0.615. The fourth-order valence-electron chi connectivity index (χ4n) is 9.35. The minimum atomic E-state index is -0.615. The van der Waals surface area contributed by atoms with Crippen molar-refractivity contribution in [2.45, 2.75) is 60.8 Å². The van der Waals surface area contributed by atoms with E-state index in [1.165, 1.54) is 99.1 Å². The SMILES string of the molecule is Cc1cc(C)c(B(c2ccc3c(c2)C(C)(C)c2cc(/C=C/c4ccc(P(c5ccccc5)c5ccccc5)cc4)ccc2-3)c2c(C)cc(C)cc2C)c(C)c1. The highest BCUT2D eigenvalue weighted by Gasteiger charge is 2.37. The van der Waals surface area contributed by atoms with Gasteiger partial charge in [-0.15, -0.1) is 0 Å². The van der Waals surface area contributed by atoms with Gasteiger partial charge in [-0.1, -0.05) is 221 Å². The van der Waals surface area contributed by atoms with Crippen molar-refractivity contribution in [3.8, 4) is 11.1 Å². The molecule has 0 aliphatic heterocycles. The van der Waals surface area contributed by atoms with E-state index in [0.717, 1.165) is 0 Å². The zero-order valence-corrected chi connectivity index (χ0v) is 34.4. The maximum absolute atomic E-state index is 2.54. The van der Waals surface area contributed by atoms with Crippen LogP contribution in [0, 0.1) is 41.5 Å². The lowest BCUT2D eigenvalue weighted by Crippen LogP contribution is -2.56. The first-order valence-corrected chi connectivity index (χ1v) is 21.0. The average Bonchev–Trinajstić information content (AvgIpc) is 3.39. The van der Waals surface area contributed by atoms with Gasteiger partial charge < -0.3 is 0 Å². The minimum absolute atomic E-state index is 0.127. The van der Waals surface area contributed by atoms with Crippen molar-refractivity contribution in [1.29, 1.82) is 0 Å². The lowest BCUT2D eigenvalue weighted by Gasteiger charge is -2.27. The largest absolute Gasteiger partial charge is 0.242 e. The Morgan fingerprint density at radius 1 is 0.436 bits per heavy atom. The number of benzene rings is 7. The van der Waals surface area contributed by atoms with Crippen LogP contribution in [0.25, 0.3) is 23.3 Å². The molecule has 0 N–H and O–H groups in total. The third kappa shape index (κ3) is 6.97. The number of fused-ring (bicyclic) bond motifs is 3. The number of rotatable bonds is 8. The lowest BCUT2D eigenvalue weighted by atomic mass is 9.34. The summed E-state index contributed by atoms with van der Waals surface area (Å²) in [5.41, 5.74) is 20.2. The molecule has 0 nitrogen and oxygen atoms in total. The summed E-state index contributed by atoms with van der Waals surface area (Å²) in [4.78, 5) is 0. The Bertz CT molecular complexity index is 2420. The van der Waals surface area contributed by atoms with E-state index in [1.807, 2.05) is 0 Å². The zero-order valence-electron chi connectivity index (χ0n) is 33.5. The van der Waals surface area contributed by atoms with Crippen LogP contribution in [0.5, 0.6) is 0 Å². The molecule has 0 fully saturated rings. The molecule has 1 aliphatic rings. The second kappa shape index (κ2) is 14.8. The van der Waals surface area contributed by atoms with E-state index in [9.17, 15) is 0 Å². The van der Waals surface area contributed by atoms with E-state index in [1.54, 1.807) is 0 Å². The summed E-state index contributed by atoms with van der Waals surface area (Å²) >= 11 is 0. The highest BCUT2D eigenvalue weighted by molar-refractivity contribution is 7.79. The van der Waals surface area contributed by atoms with Crippen molar-refractivity contribution >= 4 is 59.1 Å². The van der Waals surface area contributed by atoms with Crippen molar-refractivity contribution in [3.05, 3.63) is 201 Å². The summed E-state index contributed by atoms with van der Waals surface area (Å²) < 4.78 is 0.